The van der Waals surface area contributed by atoms with Gasteiger partial charge in [0.15, 0.2) is 0 Å². The van der Waals surface area contributed by atoms with Gasteiger partial charge >= 0.3 is 6.03 Å². The number of carbonyl (C=O) groups is 1. The third kappa shape index (κ3) is 3.54. The monoisotopic (exact) mass is 302 g/mol. The lowest BCUT2D eigenvalue weighted by molar-refractivity contribution is 0.227. The average Bonchev–Trinajstić information content (AvgIpc) is 2.55. The van der Waals surface area contributed by atoms with E-state index in [9.17, 15) is 4.79 Å². The first-order chi connectivity index (χ1) is 10.8. The van der Waals surface area contributed by atoms with Crippen molar-refractivity contribution in [2.24, 2.45) is 0 Å². The molecule has 4 heteroatoms. The predicted molar refractivity (Wildman–Crippen MR) is 87.2 cm³/mol. The normalized spacial score (nSPS) is 21.8. The van der Waals surface area contributed by atoms with Crippen molar-refractivity contribution < 1.29 is 9.53 Å². The number of carbonyl (C=O) groups excluding carboxylic acids is 1. The number of fused-ring (bicyclic) bond motifs is 1. The topological polar surface area (TPSA) is 50.4 Å². The SMILES string of the molecule is COc1ccc2c(c1)CCC[C@H]2NC(=O)NC1CCCCC1. The van der Waals surface area contributed by atoms with Crippen LogP contribution in [-0.4, -0.2) is 19.2 Å². The summed E-state index contributed by atoms with van der Waals surface area (Å²) in [7, 11) is 1.69. The number of nitrogens with one attached hydrogen (secondary N) is 2. The maximum absolute atomic E-state index is 12.3. The molecule has 0 saturated heterocycles. The van der Waals surface area contributed by atoms with Gasteiger partial charge < -0.3 is 15.4 Å². The van der Waals surface area contributed by atoms with E-state index >= 15 is 0 Å². The molecule has 120 valence electrons. The van der Waals surface area contributed by atoms with Gasteiger partial charge in [0.05, 0.1) is 13.2 Å². The minimum Gasteiger partial charge on any atom is -0.497 e. The fourth-order valence-electron chi connectivity index (χ4n) is 3.70. The lowest BCUT2D eigenvalue weighted by atomic mass is 9.87. The zero-order valence-corrected chi connectivity index (χ0v) is 13.4. The highest BCUT2D eigenvalue weighted by atomic mass is 16.5. The second-order valence-electron chi connectivity index (χ2n) is 6.46. The first-order valence-corrected chi connectivity index (χ1v) is 8.50. The Bertz CT molecular complexity index is 524. The third-order valence-corrected chi connectivity index (χ3v) is 4.91. The molecular weight excluding hydrogens is 276 g/mol. The van der Waals surface area contributed by atoms with Crippen molar-refractivity contribution in [2.75, 3.05) is 7.11 Å². The van der Waals surface area contributed by atoms with Crippen LogP contribution in [0.5, 0.6) is 5.75 Å². The number of aryl methyl sites for hydroxylation is 1. The zero-order valence-electron chi connectivity index (χ0n) is 13.4. The number of hydrogen-bond donors (Lipinski definition) is 2. The van der Waals surface area contributed by atoms with Gasteiger partial charge in [-0.1, -0.05) is 25.3 Å². The van der Waals surface area contributed by atoms with Crippen LogP contribution >= 0.6 is 0 Å². The molecule has 2 N–H and O–H groups in total. The van der Waals surface area contributed by atoms with Crippen molar-refractivity contribution in [3.05, 3.63) is 29.3 Å². The molecule has 22 heavy (non-hydrogen) atoms. The van der Waals surface area contributed by atoms with E-state index in [-0.39, 0.29) is 12.1 Å². The molecule has 0 unspecified atom stereocenters. The summed E-state index contributed by atoms with van der Waals surface area (Å²) in [6, 6.07) is 6.64. The molecule has 0 spiro atoms. The van der Waals surface area contributed by atoms with E-state index in [1.807, 2.05) is 6.07 Å². The Morgan fingerprint density at radius 2 is 1.91 bits per heavy atom. The van der Waals surface area contributed by atoms with E-state index in [4.69, 9.17) is 4.74 Å². The van der Waals surface area contributed by atoms with Gasteiger partial charge in [-0.2, -0.15) is 0 Å². The van der Waals surface area contributed by atoms with E-state index in [0.717, 1.165) is 37.9 Å². The molecule has 2 amide bonds. The van der Waals surface area contributed by atoms with Crippen LogP contribution in [0.4, 0.5) is 4.79 Å². The third-order valence-electron chi connectivity index (χ3n) is 4.91. The first-order valence-electron chi connectivity index (χ1n) is 8.50. The molecular formula is C18H26N2O2. The largest absolute Gasteiger partial charge is 0.497 e. The molecule has 3 rings (SSSR count). The number of urea groups is 1. The summed E-state index contributed by atoms with van der Waals surface area (Å²) in [5.74, 6) is 0.894. The summed E-state index contributed by atoms with van der Waals surface area (Å²) in [4.78, 5) is 12.3. The fourth-order valence-corrected chi connectivity index (χ4v) is 3.70. The van der Waals surface area contributed by atoms with Gasteiger partial charge in [-0.05, 0) is 55.4 Å². The van der Waals surface area contributed by atoms with Gasteiger partial charge in [0.2, 0.25) is 0 Å². The second kappa shape index (κ2) is 7.03. The number of benzene rings is 1. The van der Waals surface area contributed by atoms with Gasteiger partial charge in [-0.25, -0.2) is 4.79 Å². The van der Waals surface area contributed by atoms with Gasteiger partial charge in [0.1, 0.15) is 5.75 Å². The van der Waals surface area contributed by atoms with Crippen LogP contribution in [0.1, 0.15) is 62.1 Å². The van der Waals surface area contributed by atoms with Crippen molar-refractivity contribution in [3.63, 3.8) is 0 Å². The number of ether oxygens (including phenoxy) is 1. The first kappa shape index (κ1) is 15.2. The number of hydrogen-bond acceptors (Lipinski definition) is 2. The van der Waals surface area contributed by atoms with Gasteiger partial charge in [0, 0.05) is 6.04 Å². The van der Waals surface area contributed by atoms with E-state index in [1.165, 1.54) is 30.4 Å². The Morgan fingerprint density at radius 1 is 1.09 bits per heavy atom. The smallest absolute Gasteiger partial charge is 0.315 e. The van der Waals surface area contributed by atoms with Gasteiger partial charge in [-0.15, -0.1) is 0 Å². The average molecular weight is 302 g/mol. The molecule has 4 nitrogen and oxygen atoms in total. The maximum atomic E-state index is 12.3. The quantitative estimate of drug-likeness (QED) is 0.894. The molecule has 1 fully saturated rings. The van der Waals surface area contributed by atoms with Crippen LogP contribution in [0.25, 0.3) is 0 Å². The Labute approximate surface area is 132 Å². The molecule has 0 aliphatic heterocycles. The second-order valence-corrected chi connectivity index (χ2v) is 6.46. The Morgan fingerprint density at radius 3 is 2.68 bits per heavy atom. The van der Waals surface area contributed by atoms with Crippen LogP contribution in [0, 0.1) is 0 Å². The highest BCUT2D eigenvalue weighted by molar-refractivity contribution is 5.75. The summed E-state index contributed by atoms with van der Waals surface area (Å²) in [5.41, 5.74) is 2.54. The predicted octanol–water partition coefficient (Wildman–Crippen LogP) is 3.70. The number of rotatable bonds is 3. The summed E-state index contributed by atoms with van der Waals surface area (Å²) in [6.07, 6.45) is 9.18. The zero-order chi connectivity index (χ0) is 15.4. The van der Waals surface area contributed by atoms with Crippen molar-refractivity contribution >= 4 is 6.03 Å². The lowest BCUT2D eigenvalue weighted by Gasteiger charge is -2.29. The van der Waals surface area contributed by atoms with E-state index in [0.29, 0.717) is 6.04 Å². The fraction of sp³-hybridized carbons (Fsp3) is 0.611. The molecule has 0 aromatic heterocycles. The van der Waals surface area contributed by atoms with Crippen molar-refractivity contribution in [1.29, 1.82) is 0 Å². The molecule has 0 radical (unpaired) electrons. The highest BCUT2D eigenvalue weighted by Gasteiger charge is 2.23. The number of amides is 2. The van der Waals surface area contributed by atoms with Crippen LogP contribution in [0.15, 0.2) is 18.2 Å². The molecule has 1 aromatic rings. The van der Waals surface area contributed by atoms with Crippen LogP contribution in [0.3, 0.4) is 0 Å². The van der Waals surface area contributed by atoms with E-state index < -0.39 is 0 Å². The Hall–Kier alpha value is -1.71. The molecule has 0 heterocycles. The molecule has 2 aliphatic rings. The Balaban J connectivity index is 1.62. The number of methoxy groups -OCH3 is 1. The molecule has 2 aliphatic carbocycles. The minimum atomic E-state index is -0.0134. The van der Waals surface area contributed by atoms with Crippen molar-refractivity contribution in [3.8, 4) is 5.75 Å². The molecule has 0 bridgehead atoms. The van der Waals surface area contributed by atoms with Crippen molar-refractivity contribution in [1.82, 2.24) is 10.6 Å². The lowest BCUT2D eigenvalue weighted by Crippen LogP contribution is -2.44. The Kier molecular flexibility index (Phi) is 4.86. The molecule has 1 atom stereocenters. The van der Waals surface area contributed by atoms with Gasteiger partial charge in [0.25, 0.3) is 0 Å². The standard InChI is InChI=1S/C18H26N2O2/c1-22-15-10-11-16-13(12-15)6-5-9-17(16)20-18(21)19-14-7-3-2-4-8-14/h10-12,14,17H,2-9H2,1H3,(H2,19,20,21)/t17-/m1/s1. The highest BCUT2D eigenvalue weighted by Crippen LogP contribution is 2.32. The molecule has 1 saturated carbocycles. The molecule has 1 aromatic carbocycles. The summed E-state index contributed by atoms with van der Waals surface area (Å²) in [6.45, 7) is 0. The van der Waals surface area contributed by atoms with Gasteiger partial charge in [-0.3, -0.25) is 0 Å². The maximum Gasteiger partial charge on any atom is 0.315 e. The van der Waals surface area contributed by atoms with E-state index in [2.05, 4.69) is 22.8 Å². The summed E-state index contributed by atoms with van der Waals surface area (Å²) in [5, 5.41) is 6.31. The van der Waals surface area contributed by atoms with E-state index in [1.54, 1.807) is 7.11 Å². The summed E-state index contributed by atoms with van der Waals surface area (Å²) >= 11 is 0. The van der Waals surface area contributed by atoms with Crippen molar-refractivity contribution in [2.45, 2.75) is 63.5 Å². The van der Waals surface area contributed by atoms with Crippen LogP contribution in [0.2, 0.25) is 0 Å². The van der Waals surface area contributed by atoms with Crippen LogP contribution in [-0.2, 0) is 6.42 Å². The van der Waals surface area contributed by atoms with Crippen LogP contribution < -0.4 is 15.4 Å². The summed E-state index contributed by atoms with van der Waals surface area (Å²) < 4.78 is 5.30. The minimum absolute atomic E-state index is 0.0134.